The minimum atomic E-state index is -0.961. The molecule has 1 aromatic rings. The van der Waals surface area contributed by atoms with Crippen molar-refractivity contribution in [2.45, 2.75) is 32.1 Å². The highest BCUT2D eigenvalue weighted by Gasteiger charge is 2.40. The minimum Gasteiger partial charge on any atom is -0.466 e. The Labute approximate surface area is 138 Å². The van der Waals surface area contributed by atoms with E-state index in [1.165, 1.54) is 7.11 Å². The Morgan fingerprint density at radius 2 is 2.04 bits per heavy atom. The van der Waals surface area contributed by atoms with Crippen LogP contribution < -0.4 is 5.32 Å². The van der Waals surface area contributed by atoms with Gasteiger partial charge in [-0.1, -0.05) is 0 Å². The number of methoxy groups -OCH3 is 1. The molecule has 1 aliphatic carbocycles. The second kappa shape index (κ2) is 6.19. The van der Waals surface area contributed by atoms with E-state index in [1.54, 1.807) is 6.92 Å². The summed E-state index contributed by atoms with van der Waals surface area (Å²) in [6, 6.07) is 3.05. The maximum atomic E-state index is 14.4. The van der Waals surface area contributed by atoms with Gasteiger partial charge in [0.2, 0.25) is 0 Å². The highest BCUT2D eigenvalue weighted by atomic mass is 19.1. The molecule has 1 aromatic carbocycles. The molecule has 0 unspecified atom stereocenters. The molecule has 6 heteroatoms. The van der Waals surface area contributed by atoms with E-state index in [4.69, 9.17) is 4.74 Å². The van der Waals surface area contributed by atoms with Crippen molar-refractivity contribution in [1.29, 1.82) is 0 Å². The van der Waals surface area contributed by atoms with Crippen molar-refractivity contribution in [1.82, 2.24) is 5.32 Å². The Bertz CT molecular complexity index is 795. The maximum absolute atomic E-state index is 14.4. The molecule has 1 heterocycles. The molecule has 0 aromatic heterocycles. The number of dihydropyridines is 1. The van der Waals surface area contributed by atoms with Gasteiger partial charge in [-0.15, -0.1) is 0 Å². The average molecular weight is 333 g/mol. The van der Waals surface area contributed by atoms with Crippen LogP contribution in [0.15, 0.2) is 40.7 Å². The number of ketones is 1. The zero-order valence-electron chi connectivity index (χ0n) is 13.4. The largest absolute Gasteiger partial charge is 0.466 e. The molecule has 0 radical (unpaired) electrons. The molecule has 1 N–H and O–H groups in total. The summed E-state index contributed by atoms with van der Waals surface area (Å²) in [4.78, 5) is 24.8. The molecule has 0 spiro atoms. The molecule has 126 valence electrons. The van der Waals surface area contributed by atoms with Crippen LogP contribution in [0.1, 0.15) is 37.7 Å². The first-order valence-electron chi connectivity index (χ1n) is 7.71. The Kier molecular flexibility index (Phi) is 4.22. The number of Topliss-reactive ketones (excluding diaryl/α,β-unsaturated/α-hetero) is 1. The van der Waals surface area contributed by atoms with Crippen LogP contribution in [-0.2, 0) is 14.3 Å². The van der Waals surface area contributed by atoms with Gasteiger partial charge in [0.15, 0.2) is 5.78 Å². The van der Waals surface area contributed by atoms with Gasteiger partial charge < -0.3 is 10.1 Å². The van der Waals surface area contributed by atoms with Gasteiger partial charge >= 0.3 is 5.97 Å². The molecule has 4 nitrogen and oxygen atoms in total. The van der Waals surface area contributed by atoms with E-state index in [1.807, 2.05) is 0 Å². The summed E-state index contributed by atoms with van der Waals surface area (Å²) >= 11 is 0. The zero-order chi connectivity index (χ0) is 17.4. The third-order valence-electron chi connectivity index (χ3n) is 4.45. The Hall–Kier alpha value is -2.50. The smallest absolute Gasteiger partial charge is 0.336 e. The number of halogens is 2. The third kappa shape index (κ3) is 2.62. The number of ether oxygens (including phenoxy) is 1. The fourth-order valence-corrected chi connectivity index (χ4v) is 3.41. The molecule has 0 fully saturated rings. The van der Waals surface area contributed by atoms with E-state index >= 15 is 0 Å². The molecule has 3 rings (SSSR count). The molecule has 0 saturated heterocycles. The fourth-order valence-electron chi connectivity index (χ4n) is 3.41. The first-order chi connectivity index (χ1) is 11.4. The number of allylic oxidation sites excluding steroid dienone is 3. The van der Waals surface area contributed by atoms with E-state index in [0.29, 0.717) is 36.2 Å². The molecule has 1 atom stereocenters. The predicted octanol–water partition coefficient (Wildman–Crippen LogP) is 3.11. The van der Waals surface area contributed by atoms with Crippen LogP contribution in [0, 0.1) is 11.6 Å². The first kappa shape index (κ1) is 16.4. The van der Waals surface area contributed by atoms with Crippen LogP contribution in [0.4, 0.5) is 8.78 Å². The summed E-state index contributed by atoms with van der Waals surface area (Å²) in [5.41, 5.74) is 1.60. The summed E-state index contributed by atoms with van der Waals surface area (Å²) < 4.78 is 32.9. The van der Waals surface area contributed by atoms with E-state index in [9.17, 15) is 18.4 Å². The van der Waals surface area contributed by atoms with E-state index in [0.717, 1.165) is 18.2 Å². The summed E-state index contributed by atoms with van der Waals surface area (Å²) in [5.74, 6) is -3.08. The lowest BCUT2D eigenvalue weighted by molar-refractivity contribution is -0.136. The number of hydrogen-bond donors (Lipinski definition) is 1. The summed E-state index contributed by atoms with van der Waals surface area (Å²) in [7, 11) is 1.22. The number of carbonyl (C=O) groups excluding carboxylic acids is 2. The molecular weight excluding hydrogens is 316 g/mol. The van der Waals surface area contributed by atoms with Crippen molar-refractivity contribution >= 4 is 11.8 Å². The molecule has 0 saturated carbocycles. The first-order valence-corrected chi connectivity index (χ1v) is 7.71. The van der Waals surface area contributed by atoms with Crippen molar-refractivity contribution in [2.24, 2.45) is 0 Å². The van der Waals surface area contributed by atoms with Crippen LogP contribution in [0.2, 0.25) is 0 Å². The quantitative estimate of drug-likeness (QED) is 0.845. The van der Waals surface area contributed by atoms with Crippen molar-refractivity contribution in [3.05, 3.63) is 57.9 Å². The number of nitrogens with one attached hydrogen (secondary N) is 1. The lowest BCUT2D eigenvalue weighted by atomic mass is 9.75. The van der Waals surface area contributed by atoms with Crippen LogP contribution in [0.5, 0.6) is 0 Å². The molecule has 1 aliphatic heterocycles. The van der Waals surface area contributed by atoms with Crippen molar-refractivity contribution < 1.29 is 23.1 Å². The van der Waals surface area contributed by atoms with Gasteiger partial charge in [-0.2, -0.15) is 0 Å². The van der Waals surface area contributed by atoms with E-state index < -0.39 is 23.5 Å². The number of esters is 1. The Morgan fingerprint density at radius 1 is 1.29 bits per heavy atom. The van der Waals surface area contributed by atoms with Gasteiger partial charge in [0.05, 0.1) is 18.6 Å². The second-order valence-corrected chi connectivity index (χ2v) is 5.92. The number of carbonyl (C=O) groups is 2. The van der Waals surface area contributed by atoms with Crippen LogP contribution in [0.25, 0.3) is 0 Å². The fraction of sp³-hybridized carbons (Fsp3) is 0.333. The highest BCUT2D eigenvalue weighted by Crippen LogP contribution is 2.43. The lowest BCUT2D eigenvalue weighted by Gasteiger charge is -2.34. The van der Waals surface area contributed by atoms with Gasteiger partial charge in [0.25, 0.3) is 0 Å². The topological polar surface area (TPSA) is 55.4 Å². The number of benzene rings is 1. The van der Waals surface area contributed by atoms with Gasteiger partial charge in [0.1, 0.15) is 11.6 Å². The number of hydrogen-bond acceptors (Lipinski definition) is 4. The molecule has 0 amide bonds. The molecule has 24 heavy (non-hydrogen) atoms. The van der Waals surface area contributed by atoms with Gasteiger partial charge in [-0.25, -0.2) is 13.6 Å². The standard InChI is InChI=1S/C18H17F2NO3/c1-9-15(18(23)24-2)16(11-8-10(19)6-7-12(11)20)17-13(21-9)4-3-5-14(17)22/h6-8,16,21H,3-5H2,1-2H3/t16-/m1/s1. The minimum absolute atomic E-state index is 0.0287. The van der Waals surface area contributed by atoms with Gasteiger partial charge in [-0.3, -0.25) is 4.79 Å². The van der Waals surface area contributed by atoms with E-state index in [2.05, 4.69) is 5.32 Å². The zero-order valence-corrected chi connectivity index (χ0v) is 13.4. The summed E-state index contributed by atoms with van der Waals surface area (Å²) in [6.45, 7) is 1.67. The van der Waals surface area contributed by atoms with Crippen molar-refractivity contribution in [2.75, 3.05) is 7.11 Å². The van der Waals surface area contributed by atoms with Crippen LogP contribution >= 0.6 is 0 Å². The molecule has 0 bridgehead atoms. The van der Waals surface area contributed by atoms with E-state index in [-0.39, 0.29) is 16.9 Å². The highest BCUT2D eigenvalue weighted by molar-refractivity contribution is 6.03. The van der Waals surface area contributed by atoms with Crippen LogP contribution in [-0.4, -0.2) is 18.9 Å². The second-order valence-electron chi connectivity index (χ2n) is 5.92. The average Bonchev–Trinajstić information content (AvgIpc) is 2.55. The third-order valence-corrected chi connectivity index (χ3v) is 4.45. The summed E-state index contributed by atoms with van der Waals surface area (Å²) in [6.07, 6.45) is 1.63. The Balaban J connectivity index is 2.26. The maximum Gasteiger partial charge on any atom is 0.336 e. The van der Waals surface area contributed by atoms with Crippen molar-refractivity contribution in [3.63, 3.8) is 0 Å². The normalized spacial score (nSPS) is 20.7. The number of rotatable bonds is 2. The van der Waals surface area contributed by atoms with Gasteiger partial charge in [-0.05, 0) is 38.0 Å². The molecule has 2 aliphatic rings. The SMILES string of the molecule is COC(=O)C1=C(C)NC2=C(C(=O)CCC2)[C@@H]1c1cc(F)ccc1F. The summed E-state index contributed by atoms with van der Waals surface area (Å²) in [5, 5.41) is 3.07. The monoisotopic (exact) mass is 333 g/mol. The van der Waals surface area contributed by atoms with Crippen LogP contribution in [0.3, 0.4) is 0 Å². The predicted molar refractivity (Wildman–Crippen MR) is 82.8 cm³/mol. The Morgan fingerprint density at radius 3 is 2.75 bits per heavy atom. The molecular formula is C18H17F2NO3. The van der Waals surface area contributed by atoms with Gasteiger partial charge in [0, 0.05) is 29.0 Å². The lowest BCUT2D eigenvalue weighted by Crippen LogP contribution is -2.34. The van der Waals surface area contributed by atoms with Crippen molar-refractivity contribution in [3.8, 4) is 0 Å².